The highest BCUT2D eigenvalue weighted by Gasteiger charge is 2.59. The van der Waals surface area contributed by atoms with Crippen molar-refractivity contribution in [1.29, 1.82) is 0 Å². The van der Waals surface area contributed by atoms with Gasteiger partial charge in [0.1, 0.15) is 0 Å². The highest BCUT2D eigenvalue weighted by Crippen LogP contribution is 2.56. The summed E-state index contributed by atoms with van der Waals surface area (Å²) >= 11 is 0. The van der Waals surface area contributed by atoms with E-state index in [0.717, 1.165) is 19.4 Å². The topological polar surface area (TPSA) is 29.5 Å². The van der Waals surface area contributed by atoms with Crippen LogP contribution in [0.2, 0.25) is 0 Å². The van der Waals surface area contributed by atoms with E-state index < -0.39 is 0 Å². The molecule has 0 amide bonds. The molecule has 0 unspecified atom stereocenters. The van der Waals surface area contributed by atoms with Crippen molar-refractivity contribution in [2.24, 2.45) is 11.8 Å². The Labute approximate surface area is 72.9 Å². The predicted octanol–water partition coefficient (Wildman–Crippen LogP) is 1.33. The zero-order valence-corrected chi connectivity index (χ0v) is 7.33. The average molecular weight is 168 g/mol. The van der Waals surface area contributed by atoms with Crippen LogP contribution < -0.4 is 0 Å². The van der Waals surface area contributed by atoms with Crippen LogP contribution in [0.4, 0.5) is 0 Å². The minimum atomic E-state index is -0.140. The van der Waals surface area contributed by atoms with E-state index in [9.17, 15) is 5.11 Å². The number of aliphatic hydroxyl groups excluding tert-OH is 1. The molecule has 1 saturated heterocycles. The SMILES string of the molecule is O[C@@H]1[C@@H]2CC[C@@H](C2)[C@]12CCCO2. The Morgan fingerprint density at radius 2 is 2.25 bits per heavy atom. The largest absolute Gasteiger partial charge is 0.390 e. The molecule has 3 rings (SSSR count). The summed E-state index contributed by atoms with van der Waals surface area (Å²) in [4.78, 5) is 0. The predicted molar refractivity (Wildman–Crippen MR) is 44.8 cm³/mol. The van der Waals surface area contributed by atoms with Crippen molar-refractivity contribution in [3.8, 4) is 0 Å². The van der Waals surface area contributed by atoms with Crippen molar-refractivity contribution in [2.45, 2.75) is 43.8 Å². The van der Waals surface area contributed by atoms with E-state index in [1.54, 1.807) is 0 Å². The average Bonchev–Trinajstić information content (AvgIpc) is 2.75. The summed E-state index contributed by atoms with van der Waals surface area (Å²) in [7, 11) is 0. The first-order valence-electron chi connectivity index (χ1n) is 5.15. The molecular formula is C10H16O2. The second kappa shape index (κ2) is 2.24. The lowest BCUT2D eigenvalue weighted by Crippen LogP contribution is -2.46. The van der Waals surface area contributed by atoms with Crippen molar-refractivity contribution < 1.29 is 9.84 Å². The molecule has 2 nitrogen and oxygen atoms in total. The first-order chi connectivity index (χ1) is 5.83. The quantitative estimate of drug-likeness (QED) is 0.591. The molecule has 0 radical (unpaired) electrons. The van der Waals surface area contributed by atoms with Gasteiger partial charge in [-0.3, -0.25) is 0 Å². The number of fused-ring (bicyclic) bond motifs is 3. The lowest BCUT2D eigenvalue weighted by molar-refractivity contribution is -0.119. The van der Waals surface area contributed by atoms with E-state index in [0.29, 0.717) is 11.8 Å². The van der Waals surface area contributed by atoms with E-state index in [4.69, 9.17) is 4.74 Å². The summed E-state index contributed by atoms with van der Waals surface area (Å²) < 4.78 is 5.80. The number of hydrogen-bond acceptors (Lipinski definition) is 2. The molecule has 2 aliphatic carbocycles. The summed E-state index contributed by atoms with van der Waals surface area (Å²) in [5.74, 6) is 1.24. The molecular weight excluding hydrogens is 152 g/mol. The van der Waals surface area contributed by atoms with Gasteiger partial charge in [-0.25, -0.2) is 0 Å². The number of hydrogen-bond donors (Lipinski definition) is 1. The molecule has 12 heavy (non-hydrogen) atoms. The van der Waals surface area contributed by atoms with Gasteiger partial charge < -0.3 is 9.84 Å². The summed E-state index contributed by atoms with van der Waals surface area (Å²) in [5.41, 5.74) is -0.0804. The molecule has 1 aliphatic heterocycles. The van der Waals surface area contributed by atoms with E-state index in [1.165, 1.54) is 19.3 Å². The maximum atomic E-state index is 10.0. The second-order valence-electron chi connectivity index (χ2n) is 4.62. The van der Waals surface area contributed by atoms with Gasteiger partial charge in [0.25, 0.3) is 0 Å². The summed E-state index contributed by atoms with van der Waals surface area (Å²) in [6.07, 6.45) is 5.87. The molecule has 4 atom stereocenters. The maximum Gasteiger partial charge on any atom is 0.0971 e. The van der Waals surface area contributed by atoms with Crippen LogP contribution in [0, 0.1) is 11.8 Å². The Morgan fingerprint density at radius 3 is 2.83 bits per heavy atom. The zero-order valence-electron chi connectivity index (χ0n) is 7.33. The zero-order chi connectivity index (χ0) is 8.18. The van der Waals surface area contributed by atoms with Crippen LogP contribution in [0.1, 0.15) is 32.1 Å². The van der Waals surface area contributed by atoms with Crippen LogP contribution in [0.3, 0.4) is 0 Å². The third-order valence-corrected chi connectivity index (χ3v) is 4.19. The van der Waals surface area contributed by atoms with Gasteiger partial charge in [-0.1, -0.05) is 0 Å². The van der Waals surface area contributed by atoms with E-state index >= 15 is 0 Å². The Morgan fingerprint density at radius 1 is 1.33 bits per heavy atom. The number of ether oxygens (including phenoxy) is 1. The van der Waals surface area contributed by atoms with Gasteiger partial charge in [0.2, 0.25) is 0 Å². The molecule has 2 bridgehead atoms. The molecule has 0 aromatic rings. The monoisotopic (exact) mass is 168 g/mol. The fourth-order valence-electron chi connectivity index (χ4n) is 3.63. The molecule has 1 spiro atoms. The Balaban J connectivity index is 1.94. The molecule has 1 heterocycles. The van der Waals surface area contributed by atoms with Crippen molar-refractivity contribution in [1.82, 2.24) is 0 Å². The molecule has 3 aliphatic rings. The molecule has 2 heteroatoms. The first kappa shape index (κ1) is 7.34. The molecule has 0 aromatic heterocycles. The Hall–Kier alpha value is -0.0800. The number of rotatable bonds is 0. The molecule has 3 fully saturated rings. The van der Waals surface area contributed by atoms with Gasteiger partial charge in [0, 0.05) is 6.61 Å². The van der Waals surface area contributed by atoms with Gasteiger partial charge in [-0.2, -0.15) is 0 Å². The normalized spacial score (nSPS) is 57.2. The van der Waals surface area contributed by atoms with E-state index in [2.05, 4.69) is 0 Å². The standard InChI is InChI=1S/C10H16O2/c11-9-7-2-3-8(6-7)10(9)4-1-5-12-10/h7-9,11H,1-6H2/t7-,8+,9-,10-/m1/s1. The van der Waals surface area contributed by atoms with Gasteiger partial charge in [0.15, 0.2) is 0 Å². The van der Waals surface area contributed by atoms with Crippen LogP contribution in [0.25, 0.3) is 0 Å². The second-order valence-corrected chi connectivity index (χ2v) is 4.62. The Kier molecular flexibility index (Phi) is 1.37. The van der Waals surface area contributed by atoms with Crippen LogP contribution in [0.15, 0.2) is 0 Å². The van der Waals surface area contributed by atoms with Crippen LogP contribution in [0.5, 0.6) is 0 Å². The van der Waals surface area contributed by atoms with Crippen molar-refractivity contribution >= 4 is 0 Å². The van der Waals surface area contributed by atoms with Gasteiger partial charge >= 0.3 is 0 Å². The van der Waals surface area contributed by atoms with E-state index in [1.807, 2.05) is 0 Å². The summed E-state index contributed by atoms with van der Waals surface area (Å²) in [6.45, 7) is 0.875. The van der Waals surface area contributed by atoms with Crippen molar-refractivity contribution in [3.63, 3.8) is 0 Å². The minimum Gasteiger partial charge on any atom is -0.390 e. The van der Waals surface area contributed by atoms with Crippen molar-refractivity contribution in [2.75, 3.05) is 6.61 Å². The smallest absolute Gasteiger partial charge is 0.0971 e. The lowest BCUT2D eigenvalue weighted by Gasteiger charge is -2.37. The van der Waals surface area contributed by atoms with Crippen LogP contribution in [-0.4, -0.2) is 23.4 Å². The fourth-order valence-corrected chi connectivity index (χ4v) is 3.63. The van der Waals surface area contributed by atoms with Gasteiger partial charge in [0.05, 0.1) is 11.7 Å². The van der Waals surface area contributed by atoms with Gasteiger partial charge in [-0.05, 0) is 43.9 Å². The third kappa shape index (κ3) is 0.686. The highest BCUT2D eigenvalue weighted by molar-refractivity contribution is 5.10. The number of aliphatic hydroxyl groups is 1. The molecule has 1 N–H and O–H groups in total. The fraction of sp³-hybridized carbons (Fsp3) is 1.00. The Bertz CT molecular complexity index is 192. The first-order valence-corrected chi connectivity index (χ1v) is 5.15. The summed E-state index contributed by atoms with van der Waals surface area (Å²) in [5, 5.41) is 10.0. The summed E-state index contributed by atoms with van der Waals surface area (Å²) in [6, 6.07) is 0. The van der Waals surface area contributed by atoms with E-state index in [-0.39, 0.29) is 11.7 Å². The minimum absolute atomic E-state index is 0.0804. The van der Waals surface area contributed by atoms with Crippen LogP contribution in [-0.2, 0) is 4.74 Å². The molecule has 68 valence electrons. The van der Waals surface area contributed by atoms with Gasteiger partial charge in [-0.15, -0.1) is 0 Å². The maximum absolute atomic E-state index is 10.0. The molecule has 0 aromatic carbocycles. The van der Waals surface area contributed by atoms with Crippen molar-refractivity contribution in [3.05, 3.63) is 0 Å². The highest BCUT2D eigenvalue weighted by atomic mass is 16.5. The van der Waals surface area contributed by atoms with Crippen LogP contribution >= 0.6 is 0 Å². The molecule has 2 saturated carbocycles. The lowest BCUT2D eigenvalue weighted by atomic mass is 9.80. The third-order valence-electron chi connectivity index (χ3n) is 4.19.